The summed E-state index contributed by atoms with van der Waals surface area (Å²) >= 11 is 3.20. The number of thiophene rings is 1. The van der Waals surface area contributed by atoms with Crippen LogP contribution in [0.15, 0.2) is 87.8 Å². The predicted octanol–water partition coefficient (Wildman–Crippen LogP) is 5.40. The Bertz CT molecular complexity index is 1220. The van der Waals surface area contributed by atoms with Gasteiger partial charge in [0.05, 0.1) is 17.2 Å². The molecule has 3 aromatic heterocycles. The Hall–Kier alpha value is -3.23. The summed E-state index contributed by atoms with van der Waals surface area (Å²) in [5.41, 5.74) is 2.11. The van der Waals surface area contributed by atoms with E-state index in [0.29, 0.717) is 24.1 Å². The van der Waals surface area contributed by atoms with Gasteiger partial charge < -0.3 is 4.42 Å². The van der Waals surface area contributed by atoms with E-state index in [4.69, 9.17) is 4.42 Å². The Labute approximate surface area is 181 Å². The van der Waals surface area contributed by atoms with Crippen LogP contribution in [0.5, 0.6) is 0 Å². The largest absolute Gasteiger partial charge is 0.420 e. The van der Waals surface area contributed by atoms with E-state index in [1.165, 1.54) is 5.56 Å². The Kier molecular flexibility index (Phi) is 5.41. The quantitative estimate of drug-likeness (QED) is 0.322. The number of aromatic nitrogens is 5. The van der Waals surface area contributed by atoms with Crippen molar-refractivity contribution in [2.75, 3.05) is 0 Å². The highest BCUT2D eigenvalue weighted by atomic mass is 32.2. The van der Waals surface area contributed by atoms with Gasteiger partial charge in [-0.1, -0.05) is 66.4 Å². The Morgan fingerprint density at radius 3 is 2.40 bits per heavy atom. The fourth-order valence-corrected chi connectivity index (χ4v) is 4.52. The van der Waals surface area contributed by atoms with E-state index in [0.717, 1.165) is 21.4 Å². The topological polar surface area (TPSA) is 69.6 Å². The Balaban J connectivity index is 1.39. The van der Waals surface area contributed by atoms with Crippen molar-refractivity contribution in [2.45, 2.75) is 17.5 Å². The summed E-state index contributed by atoms with van der Waals surface area (Å²) in [6, 6.07) is 24.2. The average Bonchev–Trinajstić information content (AvgIpc) is 3.55. The molecule has 0 aliphatic rings. The van der Waals surface area contributed by atoms with Gasteiger partial charge in [-0.25, -0.2) is 0 Å². The van der Waals surface area contributed by atoms with Gasteiger partial charge >= 0.3 is 0 Å². The van der Waals surface area contributed by atoms with Gasteiger partial charge in [-0.05, 0) is 29.1 Å². The van der Waals surface area contributed by atoms with Crippen LogP contribution in [0.25, 0.3) is 22.2 Å². The van der Waals surface area contributed by atoms with E-state index in [9.17, 15) is 0 Å². The van der Waals surface area contributed by atoms with Crippen LogP contribution >= 0.6 is 23.1 Å². The number of thioether (sulfide) groups is 1. The van der Waals surface area contributed by atoms with Crippen molar-refractivity contribution in [2.24, 2.45) is 0 Å². The lowest BCUT2D eigenvalue weighted by atomic mass is 10.2. The molecular formula is C22H17N5OS2. The van der Waals surface area contributed by atoms with Gasteiger partial charge in [0.15, 0.2) is 11.0 Å². The maximum atomic E-state index is 5.83. The van der Waals surface area contributed by atoms with Gasteiger partial charge in [0.1, 0.15) is 0 Å². The molecule has 0 fully saturated rings. The molecular weight excluding hydrogens is 414 g/mol. The Morgan fingerprint density at radius 1 is 0.833 bits per heavy atom. The highest BCUT2D eigenvalue weighted by Crippen LogP contribution is 2.30. The van der Waals surface area contributed by atoms with Crippen molar-refractivity contribution in [3.05, 3.63) is 89.6 Å². The van der Waals surface area contributed by atoms with Crippen LogP contribution in [0.1, 0.15) is 11.5 Å². The first-order valence-corrected chi connectivity index (χ1v) is 11.2. The molecule has 0 bridgehead atoms. The summed E-state index contributed by atoms with van der Waals surface area (Å²) in [6.07, 6.45) is 0. The zero-order valence-corrected chi connectivity index (χ0v) is 17.5. The highest BCUT2D eigenvalue weighted by molar-refractivity contribution is 7.98. The lowest BCUT2D eigenvalue weighted by molar-refractivity contribution is 0.528. The molecule has 0 aliphatic carbocycles. The second kappa shape index (κ2) is 8.64. The molecule has 0 radical (unpaired) electrons. The lowest BCUT2D eigenvalue weighted by Crippen LogP contribution is -2.03. The number of benzene rings is 2. The van der Waals surface area contributed by atoms with Gasteiger partial charge in [-0.2, -0.15) is 0 Å². The summed E-state index contributed by atoms with van der Waals surface area (Å²) in [7, 11) is 0. The third-order valence-electron chi connectivity index (χ3n) is 4.45. The fraction of sp³-hybridized carbons (Fsp3) is 0.0909. The van der Waals surface area contributed by atoms with Crippen LogP contribution in [0.3, 0.4) is 0 Å². The number of nitrogens with zero attached hydrogens (tertiary/aromatic N) is 5. The van der Waals surface area contributed by atoms with Gasteiger partial charge in [0.2, 0.25) is 11.8 Å². The van der Waals surface area contributed by atoms with E-state index in [2.05, 4.69) is 43.2 Å². The second-order valence-electron chi connectivity index (χ2n) is 6.51. The van der Waals surface area contributed by atoms with E-state index >= 15 is 0 Å². The normalized spacial score (nSPS) is 11.1. The molecule has 5 rings (SSSR count). The first-order chi connectivity index (χ1) is 14.9. The average molecular weight is 432 g/mol. The van der Waals surface area contributed by atoms with Crippen LogP contribution in [0.2, 0.25) is 0 Å². The second-order valence-corrected chi connectivity index (χ2v) is 8.40. The molecule has 0 N–H and O–H groups in total. The van der Waals surface area contributed by atoms with Gasteiger partial charge in [0.25, 0.3) is 0 Å². The standard InChI is InChI=1S/C22H17N5OS2/c1-3-8-16(9-4-1)14-27-20(18-12-7-13-29-18)24-26-22(27)30-15-19-23-25-21(28-19)17-10-5-2-6-11-17/h1-13H,14-15H2. The van der Waals surface area contributed by atoms with Gasteiger partial charge in [-0.3, -0.25) is 4.57 Å². The summed E-state index contributed by atoms with van der Waals surface area (Å²) in [6.45, 7) is 0.697. The third kappa shape index (κ3) is 4.05. The minimum atomic E-state index is 0.524. The van der Waals surface area contributed by atoms with Gasteiger partial charge in [-0.15, -0.1) is 31.7 Å². The zero-order chi connectivity index (χ0) is 20.2. The monoisotopic (exact) mass is 431 g/mol. The molecule has 6 nitrogen and oxygen atoms in total. The fourth-order valence-electron chi connectivity index (χ4n) is 3.03. The first kappa shape index (κ1) is 18.8. The minimum absolute atomic E-state index is 0.524. The molecule has 3 heterocycles. The van der Waals surface area contributed by atoms with Crippen LogP contribution in [0.4, 0.5) is 0 Å². The highest BCUT2D eigenvalue weighted by Gasteiger charge is 2.17. The summed E-state index contributed by atoms with van der Waals surface area (Å²) < 4.78 is 7.97. The third-order valence-corrected chi connectivity index (χ3v) is 6.27. The molecule has 0 saturated heterocycles. The molecule has 0 saturated carbocycles. The minimum Gasteiger partial charge on any atom is -0.420 e. The molecule has 8 heteroatoms. The maximum absolute atomic E-state index is 5.83. The molecule has 0 amide bonds. The van der Waals surface area contributed by atoms with Crippen LogP contribution in [-0.2, 0) is 12.3 Å². The number of hydrogen-bond donors (Lipinski definition) is 0. The van der Waals surface area contributed by atoms with E-state index in [1.54, 1.807) is 23.1 Å². The molecule has 5 aromatic rings. The summed E-state index contributed by atoms with van der Waals surface area (Å²) in [4.78, 5) is 1.09. The molecule has 0 atom stereocenters. The smallest absolute Gasteiger partial charge is 0.247 e. The molecule has 30 heavy (non-hydrogen) atoms. The predicted molar refractivity (Wildman–Crippen MR) is 118 cm³/mol. The van der Waals surface area contributed by atoms with Crippen LogP contribution in [-0.4, -0.2) is 25.0 Å². The molecule has 0 aliphatic heterocycles. The molecule has 148 valence electrons. The van der Waals surface area contributed by atoms with Crippen LogP contribution in [0, 0.1) is 0 Å². The van der Waals surface area contributed by atoms with Crippen molar-refractivity contribution >= 4 is 23.1 Å². The zero-order valence-electron chi connectivity index (χ0n) is 15.9. The van der Waals surface area contributed by atoms with E-state index < -0.39 is 0 Å². The van der Waals surface area contributed by atoms with Gasteiger partial charge in [0, 0.05) is 5.56 Å². The number of rotatable bonds is 7. The van der Waals surface area contributed by atoms with Crippen molar-refractivity contribution in [1.82, 2.24) is 25.0 Å². The van der Waals surface area contributed by atoms with Crippen molar-refractivity contribution in [3.63, 3.8) is 0 Å². The van der Waals surface area contributed by atoms with Crippen LogP contribution < -0.4 is 0 Å². The SMILES string of the molecule is c1ccc(Cn2c(SCc3nnc(-c4ccccc4)o3)nnc2-c2cccs2)cc1. The summed E-state index contributed by atoms with van der Waals surface area (Å²) in [5.74, 6) is 2.48. The maximum Gasteiger partial charge on any atom is 0.247 e. The van der Waals surface area contributed by atoms with Crippen molar-refractivity contribution in [1.29, 1.82) is 0 Å². The lowest BCUT2D eigenvalue weighted by Gasteiger charge is -2.09. The molecule has 0 spiro atoms. The van der Waals surface area contributed by atoms with Crippen molar-refractivity contribution in [3.8, 4) is 22.2 Å². The van der Waals surface area contributed by atoms with E-state index in [1.807, 2.05) is 60.0 Å². The number of hydrogen-bond acceptors (Lipinski definition) is 7. The molecule has 2 aromatic carbocycles. The Morgan fingerprint density at radius 2 is 1.63 bits per heavy atom. The summed E-state index contributed by atoms with van der Waals surface area (Å²) in [5, 5.41) is 20.1. The first-order valence-electron chi connectivity index (χ1n) is 9.38. The molecule has 0 unspecified atom stereocenters. The van der Waals surface area contributed by atoms with E-state index in [-0.39, 0.29) is 0 Å². The van der Waals surface area contributed by atoms with Crippen molar-refractivity contribution < 1.29 is 4.42 Å².